The molecule has 0 bridgehead atoms. The fraction of sp³-hybridized carbons (Fsp3) is 0.667. The van der Waals surface area contributed by atoms with Crippen LogP contribution in [0.25, 0.3) is 0 Å². The standard InChI is InChI=1S/C18H30N2O/c1-4-16-14-19(3)12-9-13-20(16)17(5-2)18(21)15-10-7-6-8-11-15/h6-8,10-11,16-18,21H,4-5,9,12-14H2,1-3H3. The average Bonchev–Trinajstić information content (AvgIpc) is 2.70. The van der Waals surface area contributed by atoms with E-state index in [1.165, 1.54) is 6.42 Å². The van der Waals surface area contributed by atoms with Crippen LogP contribution in [-0.2, 0) is 0 Å². The van der Waals surface area contributed by atoms with Crippen molar-refractivity contribution in [2.24, 2.45) is 0 Å². The summed E-state index contributed by atoms with van der Waals surface area (Å²) in [7, 11) is 2.21. The summed E-state index contributed by atoms with van der Waals surface area (Å²) in [5.74, 6) is 0. The van der Waals surface area contributed by atoms with E-state index in [1.54, 1.807) is 0 Å². The van der Waals surface area contributed by atoms with E-state index in [4.69, 9.17) is 0 Å². The van der Waals surface area contributed by atoms with Gasteiger partial charge in [0.2, 0.25) is 0 Å². The van der Waals surface area contributed by atoms with Crippen molar-refractivity contribution < 1.29 is 5.11 Å². The quantitative estimate of drug-likeness (QED) is 0.903. The second-order valence-corrected chi connectivity index (χ2v) is 6.25. The zero-order valence-corrected chi connectivity index (χ0v) is 13.7. The van der Waals surface area contributed by atoms with Gasteiger partial charge in [0.15, 0.2) is 0 Å². The first kappa shape index (κ1) is 16.5. The van der Waals surface area contributed by atoms with Gasteiger partial charge < -0.3 is 10.0 Å². The smallest absolute Gasteiger partial charge is 0.0945 e. The lowest BCUT2D eigenvalue weighted by atomic mass is 9.96. The molecule has 1 saturated heterocycles. The van der Waals surface area contributed by atoms with Gasteiger partial charge in [-0.1, -0.05) is 44.2 Å². The van der Waals surface area contributed by atoms with Crippen LogP contribution in [0.5, 0.6) is 0 Å². The largest absolute Gasteiger partial charge is 0.387 e. The van der Waals surface area contributed by atoms with Crippen LogP contribution in [0.2, 0.25) is 0 Å². The molecule has 1 aliphatic rings. The Morgan fingerprint density at radius 2 is 1.90 bits per heavy atom. The topological polar surface area (TPSA) is 26.7 Å². The van der Waals surface area contributed by atoms with Crippen molar-refractivity contribution >= 4 is 0 Å². The predicted octanol–water partition coefficient (Wildman–Crippen LogP) is 2.91. The van der Waals surface area contributed by atoms with E-state index in [0.717, 1.165) is 38.0 Å². The average molecular weight is 290 g/mol. The Hall–Kier alpha value is -0.900. The third-order valence-corrected chi connectivity index (χ3v) is 4.77. The van der Waals surface area contributed by atoms with Crippen LogP contribution in [0.15, 0.2) is 30.3 Å². The van der Waals surface area contributed by atoms with E-state index in [0.29, 0.717) is 6.04 Å². The van der Waals surface area contributed by atoms with Crippen LogP contribution in [-0.4, -0.2) is 53.7 Å². The van der Waals surface area contributed by atoms with Crippen molar-refractivity contribution in [3.8, 4) is 0 Å². The van der Waals surface area contributed by atoms with Crippen molar-refractivity contribution in [1.29, 1.82) is 0 Å². The highest BCUT2D eigenvalue weighted by atomic mass is 16.3. The minimum Gasteiger partial charge on any atom is -0.387 e. The molecule has 2 rings (SSSR count). The fourth-order valence-electron chi connectivity index (χ4n) is 3.57. The highest BCUT2D eigenvalue weighted by Crippen LogP contribution is 2.27. The summed E-state index contributed by atoms with van der Waals surface area (Å²) in [4.78, 5) is 4.98. The molecule has 3 nitrogen and oxygen atoms in total. The maximum atomic E-state index is 10.8. The second kappa shape index (κ2) is 7.92. The Bertz CT molecular complexity index is 409. The van der Waals surface area contributed by atoms with Crippen molar-refractivity contribution in [2.75, 3.05) is 26.7 Å². The lowest BCUT2D eigenvalue weighted by Crippen LogP contribution is -2.48. The van der Waals surface area contributed by atoms with Crippen LogP contribution < -0.4 is 0 Å². The molecule has 1 aromatic carbocycles. The van der Waals surface area contributed by atoms with E-state index < -0.39 is 6.10 Å². The predicted molar refractivity (Wildman–Crippen MR) is 88.4 cm³/mol. The van der Waals surface area contributed by atoms with E-state index >= 15 is 0 Å². The molecule has 0 saturated carbocycles. The molecule has 0 radical (unpaired) electrons. The van der Waals surface area contributed by atoms with Gasteiger partial charge in [-0.05, 0) is 38.4 Å². The lowest BCUT2D eigenvalue weighted by molar-refractivity contribution is 0.0203. The van der Waals surface area contributed by atoms with Gasteiger partial charge in [-0.2, -0.15) is 0 Å². The first-order valence-corrected chi connectivity index (χ1v) is 8.34. The normalized spacial score (nSPS) is 24.5. The highest BCUT2D eigenvalue weighted by Gasteiger charge is 2.31. The summed E-state index contributed by atoms with van der Waals surface area (Å²) >= 11 is 0. The zero-order valence-electron chi connectivity index (χ0n) is 13.7. The van der Waals surface area contributed by atoms with Crippen LogP contribution in [0.1, 0.15) is 44.8 Å². The maximum Gasteiger partial charge on any atom is 0.0945 e. The van der Waals surface area contributed by atoms with Gasteiger partial charge in [0.05, 0.1) is 6.10 Å². The number of benzene rings is 1. The van der Waals surface area contributed by atoms with Crippen LogP contribution in [0, 0.1) is 0 Å². The molecule has 0 spiro atoms. The molecule has 0 amide bonds. The second-order valence-electron chi connectivity index (χ2n) is 6.25. The summed E-state index contributed by atoms with van der Waals surface area (Å²) in [5.41, 5.74) is 1.04. The molecule has 1 N–H and O–H groups in total. The molecule has 0 aliphatic carbocycles. The summed E-state index contributed by atoms with van der Waals surface area (Å²) in [5, 5.41) is 10.8. The molecular formula is C18H30N2O. The molecular weight excluding hydrogens is 260 g/mol. The highest BCUT2D eigenvalue weighted by molar-refractivity contribution is 5.19. The number of aliphatic hydroxyl groups is 1. The van der Waals surface area contributed by atoms with E-state index in [2.05, 4.69) is 30.7 Å². The van der Waals surface area contributed by atoms with Gasteiger partial charge in [-0.25, -0.2) is 0 Å². The molecule has 3 atom stereocenters. The van der Waals surface area contributed by atoms with Crippen LogP contribution in [0.4, 0.5) is 0 Å². The van der Waals surface area contributed by atoms with Gasteiger partial charge in [0, 0.05) is 25.2 Å². The van der Waals surface area contributed by atoms with Crippen molar-refractivity contribution in [1.82, 2.24) is 9.80 Å². The molecule has 1 heterocycles. The Labute approximate surface area is 129 Å². The molecule has 1 aliphatic heterocycles. The third kappa shape index (κ3) is 4.06. The fourth-order valence-corrected chi connectivity index (χ4v) is 3.57. The SMILES string of the molecule is CCC1CN(C)CCCN1C(CC)C(O)c1ccccc1. The molecule has 21 heavy (non-hydrogen) atoms. The number of hydrogen-bond donors (Lipinski definition) is 1. The number of rotatable bonds is 5. The van der Waals surface area contributed by atoms with E-state index in [-0.39, 0.29) is 6.04 Å². The maximum absolute atomic E-state index is 10.8. The van der Waals surface area contributed by atoms with Crippen molar-refractivity contribution in [3.63, 3.8) is 0 Å². The molecule has 1 aromatic rings. The van der Waals surface area contributed by atoms with Gasteiger partial charge >= 0.3 is 0 Å². The minimum absolute atomic E-state index is 0.212. The monoisotopic (exact) mass is 290 g/mol. The Balaban J connectivity index is 2.18. The summed E-state index contributed by atoms with van der Waals surface area (Å²) in [6.45, 7) is 7.81. The van der Waals surface area contributed by atoms with Crippen LogP contribution in [0.3, 0.4) is 0 Å². The van der Waals surface area contributed by atoms with Gasteiger partial charge in [0.1, 0.15) is 0 Å². The van der Waals surface area contributed by atoms with E-state index in [9.17, 15) is 5.11 Å². The van der Waals surface area contributed by atoms with E-state index in [1.807, 2.05) is 30.3 Å². The third-order valence-electron chi connectivity index (χ3n) is 4.77. The number of aliphatic hydroxyl groups excluding tert-OH is 1. The summed E-state index contributed by atoms with van der Waals surface area (Å²) in [6.07, 6.45) is 2.91. The van der Waals surface area contributed by atoms with Gasteiger partial charge in [-0.15, -0.1) is 0 Å². The number of nitrogens with zero attached hydrogens (tertiary/aromatic N) is 2. The molecule has 3 unspecified atom stereocenters. The number of hydrogen-bond acceptors (Lipinski definition) is 3. The first-order valence-electron chi connectivity index (χ1n) is 8.34. The Morgan fingerprint density at radius 1 is 1.19 bits per heavy atom. The first-order chi connectivity index (χ1) is 10.2. The van der Waals surface area contributed by atoms with Crippen LogP contribution >= 0.6 is 0 Å². The Morgan fingerprint density at radius 3 is 2.52 bits per heavy atom. The Kier molecular flexibility index (Phi) is 6.22. The summed E-state index contributed by atoms with van der Waals surface area (Å²) < 4.78 is 0. The molecule has 1 fully saturated rings. The van der Waals surface area contributed by atoms with Gasteiger partial charge in [-0.3, -0.25) is 4.90 Å². The van der Waals surface area contributed by atoms with Gasteiger partial charge in [0.25, 0.3) is 0 Å². The lowest BCUT2D eigenvalue weighted by Gasteiger charge is -2.39. The van der Waals surface area contributed by atoms with Crippen molar-refractivity contribution in [3.05, 3.63) is 35.9 Å². The molecule has 0 aromatic heterocycles. The van der Waals surface area contributed by atoms with Crippen molar-refractivity contribution in [2.45, 2.75) is 51.3 Å². The zero-order chi connectivity index (χ0) is 15.2. The molecule has 3 heteroatoms. The summed E-state index contributed by atoms with van der Waals surface area (Å²) in [6, 6.07) is 10.9. The minimum atomic E-state index is -0.395. The number of likely N-dealkylation sites (N-methyl/N-ethyl adjacent to an activating group) is 1. The molecule has 118 valence electrons.